The molecule has 100 valence electrons. The van der Waals surface area contributed by atoms with E-state index in [1.807, 2.05) is 36.4 Å². The molecule has 1 nitrogen and oxygen atoms in total. The molecule has 19 heavy (non-hydrogen) atoms. The minimum Gasteiger partial charge on any atom is -0.497 e. The molecule has 0 aliphatic carbocycles. The first-order chi connectivity index (χ1) is 9.11. The van der Waals surface area contributed by atoms with Gasteiger partial charge in [-0.05, 0) is 36.6 Å². The van der Waals surface area contributed by atoms with Gasteiger partial charge in [0.1, 0.15) is 11.6 Å². The summed E-state index contributed by atoms with van der Waals surface area (Å²) in [5, 5.41) is 0. The Bertz CT molecular complexity index is 551. The van der Waals surface area contributed by atoms with E-state index in [2.05, 4.69) is 15.9 Å². The smallest absolute Gasteiger partial charge is 0.130 e. The molecule has 0 fully saturated rings. The van der Waals surface area contributed by atoms with Crippen LogP contribution in [0.2, 0.25) is 0 Å². The molecular formula is C16H16BrFO. The van der Waals surface area contributed by atoms with E-state index < -0.39 is 0 Å². The second-order valence-corrected chi connectivity index (χ2v) is 5.60. The largest absolute Gasteiger partial charge is 0.497 e. The highest BCUT2D eigenvalue weighted by Gasteiger charge is 2.14. The van der Waals surface area contributed by atoms with Crippen molar-refractivity contribution in [3.63, 3.8) is 0 Å². The van der Waals surface area contributed by atoms with Crippen LogP contribution in [0.3, 0.4) is 0 Å². The SMILES string of the molecule is COc1ccc(CC(Br)c2cccc(C)c2F)cc1. The molecule has 1 unspecified atom stereocenters. The summed E-state index contributed by atoms with van der Waals surface area (Å²) < 4.78 is 19.1. The number of halogens is 2. The molecule has 0 saturated heterocycles. The number of benzene rings is 2. The van der Waals surface area contributed by atoms with Crippen LogP contribution >= 0.6 is 15.9 Å². The molecule has 0 bridgehead atoms. The van der Waals surface area contributed by atoms with Crippen LogP contribution in [0.15, 0.2) is 42.5 Å². The minimum absolute atomic E-state index is 0.0270. The van der Waals surface area contributed by atoms with Crippen LogP contribution in [-0.2, 0) is 6.42 Å². The van der Waals surface area contributed by atoms with Gasteiger partial charge in [0.2, 0.25) is 0 Å². The molecule has 0 aliphatic heterocycles. The quantitative estimate of drug-likeness (QED) is 0.733. The summed E-state index contributed by atoms with van der Waals surface area (Å²) >= 11 is 3.57. The van der Waals surface area contributed by atoms with Gasteiger partial charge in [0.05, 0.1) is 7.11 Å². The third kappa shape index (κ3) is 3.35. The van der Waals surface area contributed by atoms with Crippen LogP contribution in [0.4, 0.5) is 4.39 Å². The molecule has 0 heterocycles. The third-order valence-corrected chi connectivity index (χ3v) is 3.95. The zero-order valence-corrected chi connectivity index (χ0v) is 12.6. The summed E-state index contributed by atoms with van der Waals surface area (Å²) in [6.07, 6.45) is 0.740. The van der Waals surface area contributed by atoms with E-state index in [1.165, 1.54) is 0 Å². The molecular weight excluding hydrogens is 307 g/mol. The Kier molecular flexibility index (Phi) is 4.59. The van der Waals surface area contributed by atoms with Crippen LogP contribution in [0, 0.1) is 12.7 Å². The summed E-state index contributed by atoms with van der Waals surface area (Å²) in [5.41, 5.74) is 2.52. The maximum atomic E-state index is 14.0. The molecule has 3 heteroatoms. The first-order valence-corrected chi connectivity index (χ1v) is 7.05. The fraction of sp³-hybridized carbons (Fsp3) is 0.250. The fourth-order valence-electron chi connectivity index (χ4n) is 1.99. The first kappa shape index (κ1) is 14.1. The molecule has 0 aliphatic rings. The Morgan fingerprint density at radius 2 is 1.84 bits per heavy atom. The number of hydrogen-bond donors (Lipinski definition) is 0. The van der Waals surface area contributed by atoms with E-state index in [1.54, 1.807) is 20.1 Å². The second kappa shape index (κ2) is 6.20. The van der Waals surface area contributed by atoms with E-state index in [0.29, 0.717) is 11.1 Å². The highest BCUT2D eigenvalue weighted by Crippen LogP contribution is 2.30. The van der Waals surface area contributed by atoms with E-state index in [0.717, 1.165) is 17.7 Å². The van der Waals surface area contributed by atoms with Crippen molar-refractivity contribution >= 4 is 15.9 Å². The number of methoxy groups -OCH3 is 1. The molecule has 0 N–H and O–H groups in total. The van der Waals surface area contributed by atoms with Crippen molar-refractivity contribution < 1.29 is 9.13 Å². The molecule has 2 aromatic rings. The Morgan fingerprint density at radius 1 is 1.16 bits per heavy atom. The Morgan fingerprint density at radius 3 is 2.47 bits per heavy atom. The fourth-order valence-corrected chi connectivity index (χ4v) is 2.72. The van der Waals surface area contributed by atoms with Gasteiger partial charge in [0.25, 0.3) is 0 Å². The third-order valence-electron chi connectivity index (χ3n) is 3.13. The molecule has 0 aromatic heterocycles. The van der Waals surface area contributed by atoms with Gasteiger partial charge < -0.3 is 4.74 Å². The van der Waals surface area contributed by atoms with Crippen LogP contribution in [-0.4, -0.2) is 7.11 Å². The number of hydrogen-bond acceptors (Lipinski definition) is 1. The topological polar surface area (TPSA) is 9.23 Å². The average molecular weight is 323 g/mol. The normalized spacial score (nSPS) is 12.2. The van der Waals surface area contributed by atoms with Crippen molar-refractivity contribution in [1.29, 1.82) is 0 Å². The molecule has 1 atom stereocenters. The lowest BCUT2D eigenvalue weighted by atomic mass is 10.0. The van der Waals surface area contributed by atoms with Gasteiger partial charge in [0, 0.05) is 10.4 Å². The van der Waals surface area contributed by atoms with Gasteiger partial charge in [-0.25, -0.2) is 4.39 Å². The summed E-state index contributed by atoms with van der Waals surface area (Å²) in [5.74, 6) is 0.703. The monoisotopic (exact) mass is 322 g/mol. The maximum absolute atomic E-state index is 14.0. The van der Waals surface area contributed by atoms with Crippen molar-refractivity contribution in [2.24, 2.45) is 0 Å². The van der Waals surface area contributed by atoms with Crippen molar-refractivity contribution in [2.75, 3.05) is 7.11 Å². The lowest BCUT2D eigenvalue weighted by Crippen LogP contribution is -2.00. The minimum atomic E-state index is -0.127. The predicted octanol–water partition coefficient (Wildman–Crippen LogP) is 4.82. The Labute approximate surface area is 121 Å². The zero-order chi connectivity index (χ0) is 13.8. The number of alkyl halides is 1. The molecule has 0 saturated carbocycles. The highest BCUT2D eigenvalue weighted by atomic mass is 79.9. The predicted molar refractivity (Wildman–Crippen MR) is 79.5 cm³/mol. The van der Waals surface area contributed by atoms with Crippen LogP contribution < -0.4 is 4.74 Å². The van der Waals surface area contributed by atoms with Crippen LogP contribution in [0.25, 0.3) is 0 Å². The van der Waals surface area contributed by atoms with Gasteiger partial charge in [-0.3, -0.25) is 0 Å². The van der Waals surface area contributed by atoms with Crippen molar-refractivity contribution in [3.05, 3.63) is 65.0 Å². The van der Waals surface area contributed by atoms with Gasteiger partial charge in [-0.1, -0.05) is 46.3 Å². The van der Waals surface area contributed by atoms with Crippen molar-refractivity contribution in [1.82, 2.24) is 0 Å². The van der Waals surface area contributed by atoms with Gasteiger partial charge in [-0.15, -0.1) is 0 Å². The summed E-state index contributed by atoms with van der Waals surface area (Å²) in [7, 11) is 1.64. The molecule has 2 rings (SSSR count). The van der Waals surface area contributed by atoms with Gasteiger partial charge >= 0.3 is 0 Å². The van der Waals surface area contributed by atoms with E-state index in [9.17, 15) is 4.39 Å². The summed E-state index contributed by atoms with van der Waals surface area (Å²) in [6, 6.07) is 13.3. The molecule has 2 aromatic carbocycles. The van der Waals surface area contributed by atoms with Gasteiger partial charge in [0.15, 0.2) is 0 Å². The second-order valence-electron chi connectivity index (χ2n) is 4.50. The number of rotatable bonds is 4. The standard InChI is InChI=1S/C16H16BrFO/c1-11-4-3-5-14(16(11)18)15(17)10-12-6-8-13(19-2)9-7-12/h3-9,15H,10H2,1-2H3. The van der Waals surface area contributed by atoms with E-state index in [4.69, 9.17) is 4.74 Å². The first-order valence-electron chi connectivity index (χ1n) is 6.14. The number of aryl methyl sites for hydroxylation is 1. The van der Waals surface area contributed by atoms with E-state index >= 15 is 0 Å². The van der Waals surface area contributed by atoms with E-state index in [-0.39, 0.29) is 10.6 Å². The highest BCUT2D eigenvalue weighted by molar-refractivity contribution is 9.09. The molecule has 0 spiro atoms. The van der Waals surface area contributed by atoms with Crippen molar-refractivity contribution in [3.8, 4) is 5.75 Å². The Balaban J connectivity index is 2.15. The summed E-state index contributed by atoms with van der Waals surface area (Å²) in [4.78, 5) is -0.0270. The lowest BCUT2D eigenvalue weighted by Gasteiger charge is -2.13. The van der Waals surface area contributed by atoms with Gasteiger partial charge in [-0.2, -0.15) is 0 Å². The Hall–Kier alpha value is -1.35. The molecule has 0 amide bonds. The van der Waals surface area contributed by atoms with Crippen LogP contribution in [0.1, 0.15) is 21.5 Å². The maximum Gasteiger partial charge on any atom is 0.130 e. The summed E-state index contributed by atoms with van der Waals surface area (Å²) in [6.45, 7) is 1.78. The lowest BCUT2D eigenvalue weighted by molar-refractivity contribution is 0.414. The number of ether oxygens (including phenoxy) is 1. The average Bonchev–Trinajstić information content (AvgIpc) is 2.42. The van der Waals surface area contributed by atoms with Crippen molar-refractivity contribution in [2.45, 2.75) is 18.2 Å². The zero-order valence-electron chi connectivity index (χ0n) is 11.0. The molecule has 0 radical (unpaired) electrons. The van der Waals surface area contributed by atoms with Crippen LogP contribution in [0.5, 0.6) is 5.75 Å².